The number of aryl methyl sites for hydroxylation is 1. The van der Waals surface area contributed by atoms with Crippen molar-refractivity contribution in [1.29, 1.82) is 0 Å². The van der Waals surface area contributed by atoms with Gasteiger partial charge in [-0.15, -0.1) is 0 Å². The molecule has 0 aliphatic carbocycles. The molecule has 4 heteroatoms. The second-order valence-electron chi connectivity index (χ2n) is 5.17. The number of nitrogens with zero attached hydrogens (tertiary/aromatic N) is 1. The monoisotopic (exact) mass is 317 g/mol. The normalized spacial score (nSPS) is 10.5. The molecule has 0 unspecified atom stereocenters. The van der Waals surface area contributed by atoms with Gasteiger partial charge in [0, 0.05) is 5.56 Å². The van der Waals surface area contributed by atoms with E-state index in [0.717, 1.165) is 6.42 Å². The topological polar surface area (TPSA) is 39.2 Å². The summed E-state index contributed by atoms with van der Waals surface area (Å²) in [6.07, 6.45) is 4.67. The van der Waals surface area contributed by atoms with Crippen LogP contribution in [-0.4, -0.2) is 17.9 Å². The van der Waals surface area contributed by atoms with Gasteiger partial charge in [0.15, 0.2) is 0 Å². The molecule has 0 fully saturated rings. The third-order valence-electron chi connectivity index (χ3n) is 3.52. The minimum Gasteiger partial charge on any atom is -0.480 e. The number of unbranched alkanes of at least 4 members (excludes halogenated alkanes) is 2. The fraction of sp³-hybridized carbons (Fsp3) is 0.333. The van der Waals surface area contributed by atoms with Crippen LogP contribution in [0.4, 0.5) is 0 Å². The lowest BCUT2D eigenvalue weighted by atomic mass is 10.0. The minimum absolute atomic E-state index is 0.130. The molecule has 0 N–H and O–H groups in total. The summed E-state index contributed by atoms with van der Waals surface area (Å²) in [5.41, 5.74) is 2.21. The van der Waals surface area contributed by atoms with Crippen LogP contribution in [0.2, 0.25) is 5.02 Å². The molecule has 116 valence electrons. The molecule has 0 atom stereocenters. The molecule has 0 spiro atoms. The lowest BCUT2D eigenvalue weighted by Gasteiger charge is -2.06. The van der Waals surface area contributed by atoms with Gasteiger partial charge in [-0.1, -0.05) is 55.6 Å². The number of rotatable bonds is 7. The van der Waals surface area contributed by atoms with Crippen LogP contribution in [0, 0.1) is 0 Å². The van der Waals surface area contributed by atoms with Gasteiger partial charge in [-0.3, -0.25) is 4.79 Å². The van der Waals surface area contributed by atoms with Gasteiger partial charge >= 0.3 is 0 Å². The number of halogens is 1. The van der Waals surface area contributed by atoms with Crippen molar-refractivity contribution < 1.29 is 9.53 Å². The predicted octanol–water partition coefficient (Wildman–Crippen LogP) is 4.71. The molecule has 22 heavy (non-hydrogen) atoms. The van der Waals surface area contributed by atoms with Crippen LogP contribution >= 0.6 is 11.6 Å². The van der Waals surface area contributed by atoms with Gasteiger partial charge < -0.3 is 4.74 Å². The summed E-state index contributed by atoms with van der Waals surface area (Å²) in [5.74, 6) is 0.138. The Morgan fingerprint density at radius 2 is 1.86 bits per heavy atom. The summed E-state index contributed by atoms with van der Waals surface area (Å²) < 4.78 is 5.05. The van der Waals surface area contributed by atoms with Crippen LogP contribution in [0.25, 0.3) is 0 Å². The van der Waals surface area contributed by atoms with E-state index in [0.29, 0.717) is 16.3 Å². The van der Waals surface area contributed by atoms with Gasteiger partial charge in [-0.25, -0.2) is 4.98 Å². The Labute approximate surface area is 136 Å². The average Bonchev–Trinajstić information content (AvgIpc) is 2.55. The van der Waals surface area contributed by atoms with E-state index >= 15 is 0 Å². The SMILES string of the molecule is CCCCCc1ccc(C(=O)c2ccc(Cl)c(OC)n2)cc1. The number of benzene rings is 1. The number of carbonyl (C=O) groups excluding carboxylic acids is 1. The van der Waals surface area contributed by atoms with E-state index in [1.54, 1.807) is 12.1 Å². The van der Waals surface area contributed by atoms with E-state index in [1.807, 2.05) is 24.3 Å². The third kappa shape index (κ3) is 4.08. The fourth-order valence-electron chi connectivity index (χ4n) is 2.24. The van der Waals surface area contributed by atoms with Crippen molar-refractivity contribution in [3.05, 3.63) is 58.2 Å². The predicted molar refractivity (Wildman–Crippen MR) is 88.9 cm³/mol. The second-order valence-corrected chi connectivity index (χ2v) is 5.58. The smallest absolute Gasteiger partial charge is 0.232 e. The highest BCUT2D eigenvalue weighted by molar-refractivity contribution is 6.31. The molecule has 3 nitrogen and oxygen atoms in total. The van der Waals surface area contributed by atoms with Crippen molar-refractivity contribution >= 4 is 17.4 Å². The molecule has 0 saturated carbocycles. The maximum absolute atomic E-state index is 12.4. The number of hydrogen-bond donors (Lipinski definition) is 0. The first-order chi connectivity index (χ1) is 10.7. The zero-order valence-electron chi connectivity index (χ0n) is 12.9. The molecule has 0 bridgehead atoms. The highest BCUT2D eigenvalue weighted by Gasteiger charge is 2.13. The molecule has 0 aliphatic rings. The number of hydrogen-bond acceptors (Lipinski definition) is 3. The molecular formula is C18H20ClNO2. The van der Waals surface area contributed by atoms with Crippen LogP contribution in [-0.2, 0) is 6.42 Å². The molecular weight excluding hydrogens is 298 g/mol. The molecule has 1 heterocycles. The lowest BCUT2D eigenvalue weighted by Crippen LogP contribution is -2.05. The van der Waals surface area contributed by atoms with Gasteiger partial charge in [0.2, 0.25) is 11.7 Å². The average molecular weight is 318 g/mol. The number of pyridine rings is 1. The van der Waals surface area contributed by atoms with Crippen LogP contribution in [0.5, 0.6) is 5.88 Å². The third-order valence-corrected chi connectivity index (χ3v) is 3.81. The standard InChI is InChI=1S/C18H20ClNO2/c1-3-4-5-6-13-7-9-14(10-8-13)17(21)16-12-11-15(19)18(20-16)22-2/h7-12H,3-6H2,1-2H3. The minimum atomic E-state index is -0.130. The molecule has 1 aromatic carbocycles. The van der Waals surface area contributed by atoms with Gasteiger partial charge in [0.1, 0.15) is 10.7 Å². The van der Waals surface area contributed by atoms with Crippen molar-refractivity contribution in [2.45, 2.75) is 32.6 Å². The Kier molecular flexibility index (Phi) is 5.96. The number of methoxy groups -OCH3 is 1. The Morgan fingerprint density at radius 3 is 2.50 bits per heavy atom. The Morgan fingerprint density at radius 1 is 1.14 bits per heavy atom. The first-order valence-corrected chi connectivity index (χ1v) is 7.87. The van der Waals surface area contributed by atoms with Crippen molar-refractivity contribution in [1.82, 2.24) is 4.98 Å². The maximum atomic E-state index is 12.4. The first-order valence-electron chi connectivity index (χ1n) is 7.50. The van der Waals surface area contributed by atoms with E-state index in [4.69, 9.17) is 16.3 Å². The first kappa shape index (κ1) is 16.5. The molecule has 0 aliphatic heterocycles. The summed E-state index contributed by atoms with van der Waals surface area (Å²) >= 11 is 5.93. The van der Waals surface area contributed by atoms with E-state index in [9.17, 15) is 4.79 Å². The highest BCUT2D eigenvalue weighted by atomic mass is 35.5. The molecule has 2 rings (SSSR count). The van der Waals surface area contributed by atoms with Gasteiger partial charge in [0.25, 0.3) is 0 Å². The van der Waals surface area contributed by atoms with Crippen LogP contribution in [0.1, 0.15) is 47.8 Å². The summed E-state index contributed by atoms with van der Waals surface area (Å²) in [6, 6.07) is 11.0. The quantitative estimate of drug-likeness (QED) is 0.548. The number of aromatic nitrogens is 1. The zero-order chi connectivity index (χ0) is 15.9. The lowest BCUT2D eigenvalue weighted by molar-refractivity contribution is 0.103. The number of ether oxygens (including phenoxy) is 1. The molecule has 0 amide bonds. The summed E-state index contributed by atoms with van der Waals surface area (Å²) in [5, 5.41) is 0.394. The van der Waals surface area contributed by atoms with Crippen molar-refractivity contribution in [3.8, 4) is 5.88 Å². The van der Waals surface area contributed by atoms with Gasteiger partial charge in [-0.05, 0) is 30.5 Å². The van der Waals surface area contributed by atoms with Crippen LogP contribution < -0.4 is 4.74 Å². The summed E-state index contributed by atoms with van der Waals surface area (Å²) in [7, 11) is 1.48. The fourth-order valence-corrected chi connectivity index (χ4v) is 2.43. The molecule has 1 aromatic heterocycles. The second kappa shape index (κ2) is 7.95. The summed E-state index contributed by atoms with van der Waals surface area (Å²) in [4.78, 5) is 16.6. The molecule has 0 saturated heterocycles. The Bertz CT molecular complexity index is 638. The van der Waals surface area contributed by atoms with Crippen LogP contribution in [0.15, 0.2) is 36.4 Å². The van der Waals surface area contributed by atoms with Crippen molar-refractivity contribution in [2.24, 2.45) is 0 Å². The van der Waals surface area contributed by atoms with E-state index < -0.39 is 0 Å². The Balaban J connectivity index is 2.12. The number of carbonyl (C=O) groups is 1. The Hall–Kier alpha value is -1.87. The van der Waals surface area contributed by atoms with E-state index in [1.165, 1.54) is 31.9 Å². The number of ketones is 1. The van der Waals surface area contributed by atoms with E-state index in [-0.39, 0.29) is 11.7 Å². The molecule has 0 radical (unpaired) electrons. The van der Waals surface area contributed by atoms with Crippen molar-refractivity contribution in [2.75, 3.05) is 7.11 Å². The highest BCUT2D eigenvalue weighted by Crippen LogP contribution is 2.22. The van der Waals surface area contributed by atoms with Gasteiger partial charge in [0.05, 0.1) is 7.11 Å². The summed E-state index contributed by atoms with van der Waals surface area (Å²) in [6.45, 7) is 2.19. The van der Waals surface area contributed by atoms with Crippen molar-refractivity contribution in [3.63, 3.8) is 0 Å². The molecule has 2 aromatic rings. The zero-order valence-corrected chi connectivity index (χ0v) is 13.7. The van der Waals surface area contributed by atoms with Gasteiger partial charge in [-0.2, -0.15) is 0 Å². The largest absolute Gasteiger partial charge is 0.480 e. The maximum Gasteiger partial charge on any atom is 0.232 e. The van der Waals surface area contributed by atoms with Crippen LogP contribution in [0.3, 0.4) is 0 Å². The van der Waals surface area contributed by atoms with E-state index in [2.05, 4.69) is 11.9 Å².